The molecular weight excluding hydrogens is 296 g/mol. The SMILES string of the molecule is CC1CCC(N(CC2CCCO2)CC2(C)CCNC2)CC1.Cl. The normalized spacial score (nSPS) is 39.1. The number of hydrogen-bond donors (Lipinski definition) is 1. The summed E-state index contributed by atoms with van der Waals surface area (Å²) in [5.41, 5.74) is 0.474. The zero-order chi connectivity index (χ0) is 14.7. The first-order chi connectivity index (χ1) is 10.1. The Hall–Kier alpha value is 0.170. The molecule has 0 radical (unpaired) electrons. The fourth-order valence-corrected chi connectivity index (χ4v) is 4.49. The van der Waals surface area contributed by atoms with Crippen LogP contribution in [0.4, 0.5) is 0 Å². The first kappa shape index (κ1) is 18.5. The van der Waals surface area contributed by atoms with E-state index in [1.807, 2.05) is 0 Å². The highest BCUT2D eigenvalue weighted by atomic mass is 35.5. The molecule has 2 saturated heterocycles. The zero-order valence-corrected chi connectivity index (χ0v) is 15.3. The lowest BCUT2D eigenvalue weighted by Gasteiger charge is -2.41. The molecule has 22 heavy (non-hydrogen) atoms. The maximum absolute atomic E-state index is 5.94. The van der Waals surface area contributed by atoms with Crippen LogP contribution in [0.15, 0.2) is 0 Å². The van der Waals surface area contributed by atoms with Gasteiger partial charge in [0.2, 0.25) is 0 Å². The molecule has 0 aromatic rings. The summed E-state index contributed by atoms with van der Waals surface area (Å²) < 4.78 is 5.94. The topological polar surface area (TPSA) is 24.5 Å². The van der Waals surface area contributed by atoms with Gasteiger partial charge in [-0.3, -0.25) is 4.90 Å². The van der Waals surface area contributed by atoms with Crippen molar-refractivity contribution in [2.45, 2.75) is 70.9 Å². The van der Waals surface area contributed by atoms with Gasteiger partial charge in [-0.2, -0.15) is 0 Å². The van der Waals surface area contributed by atoms with E-state index in [0.29, 0.717) is 11.5 Å². The van der Waals surface area contributed by atoms with Crippen molar-refractivity contribution in [2.24, 2.45) is 11.3 Å². The van der Waals surface area contributed by atoms with Crippen molar-refractivity contribution in [1.29, 1.82) is 0 Å². The average Bonchev–Trinajstić information content (AvgIpc) is 3.11. The van der Waals surface area contributed by atoms with Crippen molar-refractivity contribution in [3.63, 3.8) is 0 Å². The van der Waals surface area contributed by atoms with Crippen molar-refractivity contribution in [2.75, 3.05) is 32.8 Å². The highest BCUT2D eigenvalue weighted by molar-refractivity contribution is 5.85. The quantitative estimate of drug-likeness (QED) is 0.835. The van der Waals surface area contributed by atoms with Gasteiger partial charge in [-0.25, -0.2) is 0 Å². The van der Waals surface area contributed by atoms with Crippen LogP contribution in [0.25, 0.3) is 0 Å². The molecule has 0 amide bonds. The molecule has 1 aliphatic carbocycles. The first-order valence-electron chi connectivity index (χ1n) is 9.21. The van der Waals surface area contributed by atoms with E-state index < -0.39 is 0 Å². The maximum atomic E-state index is 5.94. The molecule has 0 bridgehead atoms. The van der Waals surface area contributed by atoms with Gasteiger partial charge in [0.25, 0.3) is 0 Å². The molecule has 4 heteroatoms. The largest absolute Gasteiger partial charge is 0.377 e. The van der Waals surface area contributed by atoms with Crippen LogP contribution in [0.1, 0.15) is 58.8 Å². The average molecular weight is 331 g/mol. The number of nitrogens with one attached hydrogen (secondary N) is 1. The zero-order valence-electron chi connectivity index (χ0n) is 14.5. The number of hydrogen-bond acceptors (Lipinski definition) is 3. The van der Waals surface area contributed by atoms with Gasteiger partial charge in [-0.1, -0.05) is 13.8 Å². The minimum atomic E-state index is 0. The molecule has 0 spiro atoms. The Balaban J connectivity index is 0.00000176. The lowest BCUT2D eigenvalue weighted by atomic mass is 9.84. The summed E-state index contributed by atoms with van der Waals surface area (Å²) in [7, 11) is 0. The highest BCUT2D eigenvalue weighted by Gasteiger charge is 2.35. The molecule has 2 heterocycles. The molecule has 3 aliphatic rings. The third kappa shape index (κ3) is 4.83. The van der Waals surface area contributed by atoms with Crippen LogP contribution in [0.3, 0.4) is 0 Å². The molecular formula is C18H35ClN2O. The fourth-order valence-electron chi connectivity index (χ4n) is 4.49. The molecule has 0 aromatic heterocycles. The second kappa shape index (κ2) is 8.32. The van der Waals surface area contributed by atoms with Crippen LogP contribution in [0.5, 0.6) is 0 Å². The Labute approximate surface area is 143 Å². The maximum Gasteiger partial charge on any atom is 0.0702 e. The summed E-state index contributed by atoms with van der Waals surface area (Å²) in [5.74, 6) is 0.939. The molecule has 2 unspecified atom stereocenters. The molecule has 2 atom stereocenters. The van der Waals surface area contributed by atoms with Gasteiger partial charge in [-0.15, -0.1) is 12.4 Å². The Morgan fingerprint density at radius 2 is 1.95 bits per heavy atom. The minimum absolute atomic E-state index is 0. The summed E-state index contributed by atoms with van der Waals surface area (Å²) in [6.45, 7) is 10.7. The standard InChI is InChI=1S/C18H34N2O.ClH/c1-15-5-7-16(8-6-15)20(12-17-4-3-11-21-17)14-18(2)9-10-19-13-18;/h15-17,19H,3-14H2,1-2H3;1H. The van der Waals surface area contributed by atoms with Gasteiger partial charge in [-0.05, 0) is 62.8 Å². The van der Waals surface area contributed by atoms with Crippen molar-refractivity contribution in [1.82, 2.24) is 10.2 Å². The van der Waals surface area contributed by atoms with E-state index in [9.17, 15) is 0 Å². The third-order valence-corrected chi connectivity index (χ3v) is 6.01. The third-order valence-electron chi connectivity index (χ3n) is 6.01. The Morgan fingerprint density at radius 3 is 2.55 bits per heavy atom. The van der Waals surface area contributed by atoms with Crippen molar-refractivity contribution >= 4 is 12.4 Å². The van der Waals surface area contributed by atoms with Gasteiger partial charge in [0.05, 0.1) is 6.10 Å². The minimum Gasteiger partial charge on any atom is -0.377 e. The molecule has 3 nitrogen and oxygen atoms in total. The number of nitrogens with zero attached hydrogens (tertiary/aromatic N) is 1. The molecule has 3 fully saturated rings. The summed E-state index contributed by atoms with van der Waals surface area (Å²) in [6, 6.07) is 0.808. The van der Waals surface area contributed by atoms with E-state index in [0.717, 1.165) is 18.6 Å². The van der Waals surface area contributed by atoms with Crippen molar-refractivity contribution in [3.05, 3.63) is 0 Å². The Kier molecular flexibility index (Phi) is 7.00. The summed E-state index contributed by atoms with van der Waals surface area (Å²) in [4.78, 5) is 2.81. The van der Waals surface area contributed by atoms with Gasteiger partial charge >= 0.3 is 0 Å². The van der Waals surface area contributed by atoms with Crippen LogP contribution in [0, 0.1) is 11.3 Å². The molecule has 3 rings (SSSR count). The van der Waals surface area contributed by atoms with Crippen LogP contribution >= 0.6 is 12.4 Å². The summed E-state index contributed by atoms with van der Waals surface area (Å²) in [5, 5.41) is 3.56. The predicted molar refractivity (Wildman–Crippen MR) is 94.8 cm³/mol. The molecule has 130 valence electrons. The van der Waals surface area contributed by atoms with Crippen molar-refractivity contribution < 1.29 is 4.74 Å². The van der Waals surface area contributed by atoms with E-state index in [1.54, 1.807) is 0 Å². The van der Waals surface area contributed by atoms with E-state index in [1.165, 1.54) is 71.1 Å². The van der Waals surface area contributed by atoms with Gasteiger partial charge in [0, 0.05) is 32.3 Å². The van der Waals surface area contributed by atoms with Gasteiger partial charge < -0.3 is 10.1 Å². The van der Waals surface area contributed by atoms with Crippen LogP contribution in [0.2, 0.25) is 0 Å². The van der Waals surface area contributed by atoms with E-state index in [4.69, 9.17) is 4.74 Å². The number of halogens is 1. The second-order valence-corrected chi connectivity index (χ2v) is 8.22. The monoisotopic (exact) mass is 330 g/mol. The molecule has 0 aromatic carbocycles. The predicted octanol–water partition coefficient (Wildman–Crippen LogP) is 3.47. The Bertz CT molecular complexity index is 319. The number of rotatable bonds is 5. The smallest absolute Gasteiger partial charge is 0.0702 e. The van der Waals surface area contributed by atoms with Gasteiger partial charge in [0.1, 0.15) is 0 Å². The highest BCUT2D eigenvalue weighted by Crippen LogP contribution is 2.32. The number of ether oxygens (including phenoxy) is 1. The lowest BCUT2D eigenvalue weighted by molar-refractivity contribution is 0.0266. The molecule has 1 N–H and O–H groups in total. The lowest BCUT2D eigenvalue weighted by Crippen LogP contribution is -2.47. The van der Waals surface area contributed by atoms with Crippen LogP contribution in [-0.2, 0) is 4.74 Å². The first-order valence-corrected chi connectivity index (χ1v) is 9.21. The van der Waals surface area contributed by atoms with Crippen LogP contribution < -0.4 is 5.32 Å². The summed E-state index contributed by atoms with van der Waals surface area (Å²) >= 11 is 0. The van der Waals surface area contributed by atoms with Gasteiger partial charge in [0.15, 0.2) is 0 Å². The van der Waals surface area contributed by atoms with E-state index in [2.05, 4.69) is 24.1 Å². The van der Waals surface area contributed by atoms with E-state index in [-0.39, 0.29) is 12.4 Å². The molecule has 2 aliphatic heterocycles. The molecule has 1 saturated carbocycles. The Morgan fingerprint density at radius 1 is 1.18 bits per heavy atom. The summed E-state index contributed by atoms with van der Waals surface area (Å²) in [6.07, 6.45) is 10.0. The van der Waals surface area contributed by atoms with Crippen molar-refractivity contribution in [3.8, 4) is 0 Å². The van der Waals surface area contributed by atoms with Crippen LogP contribution in [-0.4, -0.2) is 49.8 Å². The fraction of sp³-hybridized carbons (Fsp3) is 1.00. The second-order valence-electron chi connectivity index (χ2n) is 8.22. The van der Waals surface area contributed by atoms with E-state index >= 15 is 0 Å².